The topological polar surface area (TPSA) is 29.5 Å². The lowest BCUT2D eigenvalue weighted by Crippen LogP contribution is -2.32. The molecular formula is C18H20FNO2S. The molecule has 0 radical (unpaired) electrons. The van der Waals surface area contributed by atoms with Crippen LogP contribution in [0.25, 0.3) is 0 Å². The molecule has 3 nitrogen and oxygen atoms in total. The van der Waals surface area contributed by atoms with Gasteiger partial charge in [-0.3, -0.25) is 4.79 Å². The number of halogens is 1. The SMILES string of the molecule is Cc1ccc(OCCN(C)C(=O)CSc2ccc(F)cc2)cc1. The molecule has 0 aromatic heterocycles. The van der Waals surface area contributed by atoms with Crippen molar-refractivity contribution in [3.63, 3.8) is 0 Å². The Morgan fingerprint density at radius 2 is 1.78 bits per heavy atom. The number of hydrogen-bond donors (Lipinski definition) is 0. The van der Waals surface area contributed by atoms with Crippen LogP contribution in [-0.4, -0.2) is 36.8 Å². The molecule has 0 N–H and O–H groups in total. The van der Waals surface area contributed by atoms with Crippen molar-refractivity contribution in [3.8, 4) is 5.75 Å². The predicted octanol–water partition coefficient (Wildman–Crippen LogP) is 3.76. The zero-order valence-corrected chi connectivity index (χ0v) is 14.1. The van der Waals surface area contributed by atoms with Crippen LogP contribution in [0.3, 0.4) is 0 Å². The predicted molar refractivity (Wildman–Crippen MR) is 91.4 cm³/mol. The molecule has 0 bridgehead atoms. The molecule has 0 unspecified atom stereocenters. The fourth-order valence-electron chi connectivity index (χ4n) is 1.85. The first-order valence-electron chi connectivity index (χ1n) is 7.36. The molecule has 0 aliphatic carbocycles. The van der Waals surface area contributed by atoms with E-state index in [9.17, 15) is 9.18 Å². The van der Waals surface area contributed by atoms with E-state index in [-0.39, 0.29) is 11.7 Å². The van der Waals surface area contributed by atoms with Gasteiger partial charge in [-0.25, -0.2) is 4.39 Å². The zero-order valence-electron chi connectivity index (χ0n) is 13.3. The molecule has 0 fully saturated rings. The van der Waals surface area contributed by atoms with Crippen LogP contribution < -0.4 is 4.74 Å². The highest BCUT2D eigenvalue weighted by atomic mass is 32.2. The van der Waals surface area contributed by atoms with Crippen molar-refractivity contribution in [3.05, 3.63) is 59.9 Å². The van der Waals surface area contributed by atoms with Crippen molar-refractivity contribution in [2.75, 3.05) is 26.0 Å². The maximum atomic E-state index is 12.8. The van der Waals surface area contributed by atoms with E-state index in [4.69, 9.17) is 4.74 Å². The summed E-state index contributed by atoms with van der Waals surface area (Å²) in [5, 5.41) is 0. The summed E-state index contributed by atoms with van der Waals surface area (Å²) < 4.78 is 18.4. The maximum absolute atomic E-state index is 12.8. The Balaban J connectivity index is 1.70. The largest absolute Gasteiger partial charge is 0.492 e. The first-order valence-corrected chi connectivity index (χ1v) is 8.35. The molecule has 2 aromatic carbocycles. The van der Waals surface area contributed by atoms with E-state index < -0.39 is 0 Å². The Morgan fingerprint density at radius 1 is 1.13 bits per heavy atom. The quantitative estimate of drug-likeness (QED) is 0.723. The van der Waals surface area contributed by atoms with E-state index in [2.05, 4.69) is 0 Å². The molecule has 0 aliphatic rings. The first kappa shape index (κ1) is 17.3. The average molecular weight is 333 g/mol. The van der Waals surface area contributed by atoms with Gasteiger partial charge in [0.05, 0.1) is 12.3 Å². The van der Waals surface area contributed by atoms with Crippen molar-refractivity contribution in [2.24, 2.45) is 0 Å². The van der Waals surface area contributed by atoms with Gasteiger partial charge in [0.15, 0.2) is 0 Å². The van der Waals surface area contributed by atoms with Crippen LogP contribution in [0.4, 0.5) is 4.39 Å². The highest BCUT2D eigenvalue weighted by Gasteiger charge is 2.09. The summed E-state index contributed by atoms with van der Waals surface area (Å²) >= 11 is 1.40. The van der Waals surface area contributed by atoms with Crippen molar-refractivity contribution in [1.82, 2.24) is 4.90 Å². The van der Waals surface area contributed by atoms with Gasteiger partial charge in [-0.1, -0.05) is 17.7 Å². The molecule has 2 aromatic rings. The lowest BCUT2D eigenvalue weighted by atomic mass is 10.2. The van der Waals surface area contributed by atoms with Crippen LogP contribution in [0.5, 0.6) is 5.75 Å². The number of ether oxygens (including phenoxy) is 1. The smallest absolute Gasteiger partial charge is 0.232 e. The fourth-order valence-corrected chi connectivity index (χ4v) is 2.68. The van der Waals surface area contributed by atoms with Crippen molar-refractivity contribution >= 4 is 17.7 Å². The second-order valence-corrected chi connectivity index (χ2v) is 6.27. The Hall–Kier alpha value is -2.01. The minimum Gasteiger partial charge on any atom is -0.492 e. The summed E-state index contributed by atoms with van der Waals surface area (Å²) in [5.74, 6) is 0.877. The average Bonchev–Trinajstić information content (AvgIpc) is 2.55. The number of nitrogens with zero attached hydrogens (tertiary/aromatic N) is 1. The minimum absolute atomic E-state index is 0.0202. The molecule has 0 saturated carbocycles. The molecule has 23 heavy (non-hydrogen) atoms. The molecule has 0 spiro atoms. The molecule has 1 amide bonds. The van der Waals surface area contributed by atoms with Crippen LogP contribution in [-0.2, 0) is 4.79 Å². The molecule has 0 saturated heterocycles. The first-order chi connectivity index (χ1) is 11.0. The van der Waals surface area contributed by atoms with E-state index in [1.165, 1.54) is 29.5 Å². The number of aryl methyl sites for hydroxylation is 1. The molecule has 0 heterocycles. The Labute approximate surface area is 140 Å². The standard InChI is InChI=1S/C18H20FNO2S/c1-14-3-7-16(8-4-14)22-12-11-20(2)18(21)13-23-17-9-5-15(19)6-10-17/h3-10H,11-13H2,1-2H3. The van der Waals surface area contributed by atoms with Crippen LogP contribution in [0.15, 0.2) is 53.4 Å². The normalized spacial score (nSPS) is 10.4. The van der Waals surface area contributed by atoms with E-state index in [0.717, 1.165) is 10.6 Å². The molecule has 122 valence electrons. The molecular weight excluding hydrogens is 313 g/mol. The Kier molecular flexibility index (Phi) is 6.47. The number of likely N-dealkylation sites (N-methyl/N-ethyl adjacent to an activating group) is 1. The second-order valence-electron chi connectivity index (χ2n) is 5.22. The zero-order chi connectivity index (χ0) is 16.7. The third kappa shape index (κ3) is 5.94. The summed E-state index contributed by atoms with van der Waals surface area (Å²) in [6.45, 7) is 3.00. The van der Waals surface area contributed by atoms with Gasteiger partial charge in [-0.05, 0) is 43.3 Å². The van der Waals surface area contributed by atoms with Gasteiger partial charge in [0.1, 0.15) is 18.2 Å². The van der Waals surface area contributed by atoms with Gasteiger partial charge in [0.25, 0.3) is 0 Å². The van der Waals surface area contributed by atoms with Gasteiger partial charge in [-0.15, -0.1) is 11.8 Å². The highest BCUT2D eigenvalue weighted by Crippen LogP contribution is 2.18. The minimum atomic E-state index is -0.272. The number of carbonyl (C=O) groups excluding carboxylic acids is 1. The summed E-state index contributed by atoms with van der Waals surface area (Å²) in [7, 11) is 1.76. The van der Waals surface area contributed by atoms with Gasteiger partial charge in [0, 0.05) is 11.9 Å². The fraction of sp³-hybridized carbons (Fsp3) is 0.278. The van der Waals surface area contributed by atoms with Crippen molar-refractivity contribution < 1.29 is 13.9 Å². The highest BCUT2D eigenvalue weighted by molar-refractivity contribution is 8.00. The number of thioether (sulfide) groups is 1. The molecule has 2 rings (SSSR count). The van der Waals surface area contributed by atoms with Crippen LogP contribution in [0, 0.1) is 12.7 Å². The molecule has 0 atom stereocenters. The number of hydrogen-bond acceptors (Lipinski definition) is 3. The molecule has 5 heteroatoms. The third-order valence-corrected chi connectivity index (χ3v) is 4.31. The lowest BCUT2D eigenvalue weighted by molar-refractivity contribution is -0.127. The van der Waals surface area contributed by atoms with Crippen LogP contribution in [0.1, 0.15) is 5.56 Å². The lowest BCUT2D eigenvalue weighted by Gasteiger charge is -2.17. The Morgan fingerprint density at radius 3 is 2.43 bits per heavy atom. The van der Waals surface area contributed by atoms with Gasteiger partial charge in [-0.2, -0.15) is 0 Å². The summed E-state index contributed by atoms with van der Waals surface area (Å²) in [6, 6.07) is 14.0. The van der Waals surface area contributed by atoms with Gasteiger partial charge < -0.3 is 9.64 Å². The number of rotatable bonds is 7. The van der Waals surface area contributed by atoms with E-state index in [1.807, 2.05) is 31.2 Å². The van der Waals surface area contributed by atoms with Gasteiger partial charge in [0.2, 0.25) is 5.91 Å². The van der Waals surface area contributed by atoms with Crippen molar-refractivity contribution in [1.29, 1.82) is 0 Å². The monoisotopic (exact) mass is 333 g/mol. The number of carbonyl (C=O) groups is 1. The van der Waals surface area contributed by atoms with E-state index in [1.54, 1.807) is 24.1 Å². The second kappa shape index (κ2) is 8.58. The number of amides is 1. The van der Waals surface area contributed by atoms with E-state index in [0.29, 0.717) is 18.9 Å². The van der Waals surface area contributed by atoms with Crippen LogP contribution >= 0.6 is 11.8 Å². The summed E-state index contributed by atoms with van der Waals surface area (Å²) in [4.78, 5) is 14.6. The summed E-state index contributed by atoms with van der Waals surface area (Å²) in [5.41, 5.74) is 1.18. The third-order valence-electron chi connectivity index (χ3n) is 3.32. The molecule has 0 aliphatic heterocycles. The summed E-state index contributed by atoms with van der Waals surface area (Å²) in [6.07, 6.45) is 0. The van der Waals surface area contributed by atoms with Crippen LogP contribution in [0.2, 0.25) is 0 Å². The Bertz CT molecular complexity index is 628. The van der Waals surface area contributed by atoms with Crippen molar-refractivity contribution in [2.45, 2.75) is 11.8 Å². The maximum Gasteiger partial charge on any atom is 0.232 e. The number of benzene rings is 2. The van der Waals surface area contributed by atoms with E-state index >= 15 is 0 Å². The van der Waals surface area contributed by atoms with Gasteiger partial charge >= 0.3 is 0 Å².